The van der Waals surface area contributed by atoms with Crippen LogP contribution in [0.1, 0.15) is 361 Å². The summed E-state index contributed by atoms with van der Waals surface area (Å²) in [5.74, 6) is -0.860. The largest absolute Gasteiger partial charge is 0.462 e. The number of hydrogen-bond donors (Lipinski definition) is 0. The molecule has 0 N–H and O–H groups in total. The van der Waals surface area contributed by atoms with Crippen LogP contribution in [-0.2, 0) is 28.6 Å². The third kappa shape index (κ3) is 65.7. The fourth-order valence-corrected chi connectivity index (χ4v) is 10.2. The Morgan fingerprint density at radius 3 is 0.775 bits per heavy atom. The van der Waals surface area contributed by atoms with Gasteiger partial charge in [-0.1, -0.05) is 325 Å². The number of hydrogen-bond acceptors (Lipinski definition) is 6. The molecule has 1 unspecified atom stereocenters. The van der Waals surface area contributed by atoms with Crippen molar-refractivity contribution in [2.45, 2.75) is 367 Å². The van der Waals surface area contributed by atoms with Gasteiger partial charge in [-0.25, -0.2) is 0 Å². The molecule has 0 radical (unpaired) electrons. The minimum absolute atomic E-state index is 0.0727. The van der Waals surface area contributed by atoms with E-state index in [0.717, 1.165) is 96.3 Å². The second kappa shape index (κ2) is 68.3. The topological polar surface area (TPSA) is 78.9 Å². The Morgan fingerprint density at radius 1 is 0.263 bits per heavy atom. The first-order valence-corrected chi connectivity index (χ1v) is 34.9. The van der Waals surface area contributed by atoms with Gasteiger partial charge in [0.05, 0.1) is 0 Å². The van der Waals surface area contributed by atoms with Crippen molar-refractivity contribution in [3.05, 3.63) is 72.9 Å². The zero-order chi connectivity index (χ0) is 57.8. The van der Waals surface area contributed by atoms with E-state index in [0.29, 0.717) is 19.3 Å². The average Bonchev–Trinajstić information content (AvgIpc) is 3.46. The highest BCUT2D eigenvalue weighted by Crippen LogP contribution is 2.18. The van der Waals surface area contributed by atoms with E-state index >= 15 is 0 Å². The maximum Gasteiger partial charge on any atom is 0.306 e. The molecule has 0 amide bonds. The van der Waals surface area contributed by atoms with Crippen LogP contribution in [0.25, 0.3) is 0 Å². The zero-order valence-electron chi connectivity index (χ0n) is 53.3. The van der Waals surface area contributed by atoms with E-state index < -0.39 is 6.10 Å². The van der Waals surface area contributed by atoms with Gasteiger partial charge in [-0.3, -0.25) is 14.4 Å². The molecule has 0 saturated heterocycles. The number of rotatable bonds is 64. The summed E-state index contributed by atoms with van der Waals surface area (Å²) >= 11 is 0. The molecule has 0 aliphatic heterocycles. The van der Waals surface area contributed by atoms with Crippen molar-refractivity contribution in [1.29, 1.82) is 0 Å². The molecular formula is C74H132O6. The van der Waals surface area contributed by atoms with Gasteiger partial charge >= 0.3 is 17.9 Å². The summed E-state index contributed by atoms with van der Waals surface area (Å²) in [6.45, 7) is 6.55. The summed E-state index contributed by atoms with van der Waals surface area (Å²) in [5.41, 5.74) is 0. The highest BCUT2D eigenvalue weighted by Gasteiger charge is 2.19. The van der Waals surface area contributed by atoms with Crippen molar-refractivity contribution in [1.82, 2.24) is 0 Å². The Morgan fingerprint density at radius 2 is 0.487 bits per heavy atom. The normalized spacial score (nSPS) is 12.5. The van der Waals surface area contributed by atoms with Crippen LogP contribution in [-0.4, -0.2) is 37.2 Å². The van der Waals surface area contributed by atoms with Crippen LogP contribution in [0.2, 0.25) is 0 Å². The lowest BCUT2D eigenvalue weighted by Crippen LogP contribution is -2.30. The van der Waals surface area contributed by atoms with Crippen LogP contribution < -0.4 is 0 Å². The lowest BCUT2D eigenvalue weighted by atomic mass is 10.0. The molecule has 6 heteroatoms. The molecule has 0 aromatic carbocycles. The number of unbranched alkanes of at least 4 members (excludes halogenated alkanes) is 41. The summed E-state index contributed by atoms with van der Waals surface area (Å²) in [6.07, 6.45) is 89.4. The van der Waals surface area contributed by atoms with E-state index in [9.17, 15) is 14.4 Å². The molecule has 0 aromatic rings. The van der Waals surface area contributed by atoms with Crippen LogP contribution in [0.4, 0.5) is 0 Å². The SMILES string of the molecule is CC/C=C\C/C=C\C/C=C\C/C=C\CCCCCCCCCCCCCCCCCCCCCCC(=O)OCC(COC(=O)CCCCCCCCCCCCC)OC(=O)CCCCCCCCC/C=C\C/C=C\CCCCCC. The van der Waals surface area contributed by atoms with Crippen LogP contribution in [0.5, 0.6) is 0 Å². The smallest absolute Gasteiger partial charge is 0.306 e. The van der Waals surface area contributed by atoms with Crippen molar-refractivity contribution in [2.75, 3.05) is 13.2 Å². The maximum atomic E-state index is 12.9. The van der Waals surface area contributed by atoms with E-state index in [2.05, 4.69) is 93.7 Å². The summed E-state index contributed by atoms with van der Waals surface area (Å²) < 4.78 is 16.9. The molecule has 1 atom stereocenters. The number of allylic oxidation sites excluding steroid dienone is 12. The van der Waals surface area contributed by atoms with Crippen molar-refractivity contribution in [3.8, 4) is 0 Å². The molecule has 80 heavy (non-hydrogen) atoms. The molecule has 0 spiro atoms. The molecular weight excluding hydrogens is 985 g/mol. The van der Waals surface area contributed by atoms with Gasteiger partial charge in [-0.2, -0.15) is 0 Å². The van der Waals surface area contributed by atoms with E-state index in [4.69, 9.17) is 14.2 Å². The Bertz CT molecular complexity index is 1470. The van der Waals surface area contributed by atoms with Gasteiger partial charge in [0.15, 0.2) is 6.10 Å². The first kappa shape index (κ1) is 76.9. The van der Waals surface area contributed by atoms with Crippen LogP contribution >= 0.6 is 0 Å². The van der Waals surface area contributed by atoms with E-state index in [-0.39, 0.29) is 31.1 Å². The summed E-state index contributed by atoms with van der Waals surface area (Å²) in [7, 11) is 0. The first-order chi connectivity index (χ1) is 39.5. The van der Waals surface area contributed by atoms with Gasteiger partial charge in [0, 0.05) is 19.3 Å². The molecule has 0 aromatic heterocycles. The minimum Gasteiger partial charge on any atom is -0.462 e. The maximum absolute atomic E-state index is 12.9. The highest BCUT2D eigenvalue weighted by atomic mass is 16.6. The van der Waals surface area contributed by atoms with Gasteiger partial charge in [0.2, 0.25) is 0 Å². The number of carbonyl (C=O) groups excluding carboxylic acids is 3. The van der Waals surface area contributed by atoms with E-state index in [1.807, 2.05) is 0 Å². The Labute approximate surface area is 497 Å². The zero-order valence-corrected chi connectivity index (χ0v) is 53.3. The quantitative estimate of drug-likeness (QED) is 0.0261. The summed E-state index contributed by atoms with van der Waals surface area (Å²) in [4.78, 5) is 38.3. The number of esters is 3. The van der Waals surface area contributed by atoms with Crippen LogP contribution in [0, 0.1) is 0 Å². The van der Waals surface area contributed by atoms with Crippen LogP contribution in [0.3, 0.4) is 0 Å². The molecule has 0 rings (SSSR count). The predicted molar refractivity (Wildman–Crippen MR) is 348 cm³/mol. The lowest BCUT2D eigenvalue weighted by molar-refractivity contribution is -0.167. The van der Waals surface area contributed by atoms with Gasteiger partial charge in [-0.05, 0) is 89.9 Å². The molecule has 0 aliphatic rings. The molecule has 464 valence electrons. The molecule has 0 fully saturated rings. The average molecular weight is 1120 g/mol. The fourth-order valence-electron chi connectivity index (χ4n) is 10.2. The number of carbonyl (C=O) groups is 3. The predicted octanol–water partition coefficient (Wildman–Crippen LogP) is 24.1. The van der Waals surface area contributed by atoms with Crippen molar-refractivity contribution in [3.63, 3.8) is 0 Å². The third-order valence-electron chi connectivity index (χ3n) is 15.4. The fraction of sp³-hybridized carbons (Fsp3) is 0.797. The highest BCUT2D eigenvalue weighted by molar-refractivity contribution is 5.71. The Kier molecular flexibility index (Phi) is 65.7. The molecule has 0 heterocycles. The van der Waals surface area contributed by atoms with Gasteiger partial charge in [0.25, 0.3) is 0 Å². The standard InChI is InChI=1S/C74H132O6/c1-4-7-10-13-16-19-22-24-26-28-30-31-32-33-34-35-36-37-38-39-40-41-42-43-44-46-47-49-52-55-58-61-64-67-73(76)79-70-71(69-78-72(75)66-63-60-57-54-51-21-18-15-12-9-6-3)80-74(77)68-65-62-59-56-53-50-48-45-29-27-25-23-20-17-14-11-8-5-2/h7,10,16,19-20,23-24,26-27,29-31,71H,4-6,8-9,11-15,17-18,21-22,25,28,32-70H2,1-3H3/b10-7-,19-16-,23-20-,26-24-,29-27-,31-30-. The number of ether oxygens (including phenoxy) is 3. The molecule has 0 bridgehead atoms. The Hall–Kier alpha value is -3.15. The van der Waals surface area contributed by atoms with Gasteiger partial charge < -0.3 is 14.2 Å². The Balaban J connectivity index is 4.11. The second-order valence-electron chi connectivity index (χ2n) is 23.4. The summed E-state index contributed by atoms with van der Waals surface area (Å²) in [5, 5.41) is 0. The van der Waals surface area contributed by atoms with Crippen molar-refractivity contribution >= 4 is 17.9 Å². The first-order valence-electron chi connectivity index (χ1n) is 34.9. The van der Waals surface area contributed by atoms with E-state index in [1.165, 1.54) is 225 Å². The third-order valence-corrected chi connectivity index (χ3v) is 15.4. The molecule has 0 saturated carbocycles. The molecule has 0 aliphatic carbocycles. The summed E-state index contributed by atoms with van der Waals surface area (Å²) in [6, 6.07) is 0. The second-order valence-corrected chi connectivity index (χ2v) is 23.4. The lowest BCUT2D eigenvalue weighted by Gasteiger charge is -2.18. The molecule has 6 nitrogen and oxygen atoms in total. The van der Waals surface area contributed by atoms with Gasteiger partial charge in [0.1, 0.15) is 13.2 Å². The minimum atomic E-state index is -0.776. The van der Waals surface area contributed by atoms with Crippen molar-refractivity contribution < 1.29 is 28.6 Å². The van der Waals surface area contributed by atoms with E-state index in [1.54, 1.807) is 0 Å². The van der Waals surface area contributed by atoms with Crippen molar-refractivity contribution in [2.24, 2.45) is 0 Å². The van der Waals surface area contributed by atoms with Gasteiger partial charge in [-0.15, -0.1) is 0 Å². The van der Waals surface area contributed by atoms with Crippen LogP contribution in [0.15, 0.2) is 72.9 Å². The monoisotopic (exact) mass is 1120 g/mol.